The molecule has 1 heterocycles. The maximum Gasteiger partial charge on any atom is 0.0370 e. The summed E-state index contributed by atoms with van der Waals surface area (Å²) in [6, 6.07) is 0. The van der Waals surface area contributed by atoms with Crippen molar-refractivity contribution in [2.75, 3.05) is 0 Å². The summed E-state index contributed by atoms with van der Waals surface area (Å²) in [5.41, 5.74) is 3.98. The van der Waals surface area contributed by atoms with Crippen LogP contribution in [0.5, 0.6) is 0 Å². The van der Waals surface area contributed by atoms with Crippen LogP contribution in [0.3, 0.4) is 0 Å². The minimum Gasteiger partial charge on any atom is -0.264 e. The molecule has 0 spiro atoms. The van der Waals surface area contributed by atoms with Crippen molar-refractivity contribution in [3.63, 3.8) is 0 Å². The average molecular weight is 167 g/mol. The molecule has 0 saturated carbocycles. The van der Waals surface area contributed by atoms with Gasteiger partial charge in [0, 0.05) is 18.3 Å². The van der Waals surface area contributed by atoms with Crippen LogP contribution in [-0.2, 0) is 0 Å². The van der Waals surface area contributed by atoms with Crippen LogP contribution in [0.25, 0.3) is 0 Å². The molecule has 1 aliphatic heterocycles. The van der Waals surface area contributed by atoms with Crippen LogP contribution < -0.4 is 0 Å². The zero-order valence-corrected chi connectivity index (χ0v) is 7.14. The second-order valence-electron chi connectivity index (χ2n) is 3.39. The first-order chi connectivity index (χ1) is 6.45. The van der Waals surface area contributed by atoms with Gasteiger partial charge in [0.15, 0.2) is 0 Å². The molecule has 1 unspecified atom stereocenters. The quantitative estimate of drug-likeness (QED) is 0.525. The van der Waals surface area contributed by atoms with E-state index in [2.05, 4.69) is 41.4 Å². The number of aliphatic imine (C=N–C) groups is 1. The highest BCUT2D eigenvalue weighted by atomic mass is 14.7. The molecule has 0 aromatic carbocycles. The van der Waals surface area contributed by atoms with Gasteiger partial charge in [0.1, 0.15) is 0 Å². The Balaban J connectivity index is 2.23. The topological polar surface area (TPSA) is 12.4 Å². The molecular weight excluding hydrogens is 158 g/mol. The van der Waals surface area contributed by atoms with Gasteiger partial charge in [-0.1, -0.05) is 36.5 Å². The maximum absolute atomic E-state index is 4.21. The molecule has 1 heteroatoms. The summed E-state index contributed by atoms with van der Waals surface area (Å²) in [4.78, 5) is 4.21. The summed E-state index contributed by atoms with van der Waals surface area (Å²) < 4.78 is 0. The minimum atomic E-state index is 0.451. The van der Waals surface area contributed by atoms with E-state index in [1.54, 1.807) is 0 Å². The summed E-state index contributed by atoms with van der Waals surface area (Å²) >= 11 is 0. The Hall–Kier alpha value is -1.63. The summed E-state index contributed by atoms with van der Waals surface area (Å²) in [6.07, 6.45) is 16.7. The van der Waals surface area contributed by atoms with Gasteiger partial charge < -0.3 is 0 Å². The van der Waals surface area contributed by atoms with Gasteiger partial charge in [-0.15, -0.1) is 0 Å². The van der Waals surface area contributed by atoms with Crippen LogP contribution in [0.2, 0.25) is 0 Å². The predicted molar refractivity (Wildman–Crippen MR) is 54.5 cm³/mol. The monoisotopic (exact) mass is 167 g/mol. The number of hydrogen-bond donors (Lipinski definition) is 0. The summed E-state index contributed by atoms with van der Waals surface area (Å²) in [5, 5.41) is 0. The van der Waals surface area contributed by atoms with Crippen molar-refractivity contribution in [1.29, 1.82) is 0 Å². The third-order valence-electron chi connectivity index (χ3n) is 2.60. The molecule has 2 aliphatic carbocycles. The fourth-order valence-electron chi connectivity index (χ4n) is 2.00. The summed E-state index contributed by atoms with van der Waals surface area (Å²) in [7, 11) is 0. The Bertz CT molecular complexity index is 361. The van der Waals surface area contributed by atoms with Gasteiger partial charge in [0.25, 0.3) is 0 Å². The van der Waals surface area contributed by atoms with E-state index >= 15 is 0 Å². The maximum atomic E-state index is 4.21. The molecule has 1 atom stereocenters. The van der Waals surface area contributed by atoms with Crippen molar-refractivity contribution in [2.45, 2.75) is 0 Å². The van der Waals surface area contributed by atoms with Crippen molar-refractivity contribution < 1.29 is 0 Å². The van der Waals surface area contributed by atoms with E-state index in [1.807, 2.05) is 12.4 Å². The Morgan fingerprint density at radius 3 is 2.62 bits per heavy atom. The van der Waals surface area contributed by atoms with Gasteiger partial charge in [-0.25, -0.2) is 0 Å². The van der Waals surface area contributed by atoms with Gasteiger partial charge in [-0.2, -0.15) is 0 Å². The van der Waals surface area contributed by atoms with E-state index in [-0.39, 0.29) is 0 Å². The molecule has 62 valence electrons. The first-order valence-corrected chi connectivity index (χ1v) is 4.45. The molecule has 0 aromatic rings. The standard InChI is InChI=1S/C12H9N/c1-3-9-4-2-6-11-8-13-7-10(5-1)12(9)11/h1-8,12H. The average Bonchev–Trinajstić information content (AvgIpc) is 2.19. The molecule has 0 saturated heterocycles. The van der Waals surface area contributed by atoms with Crippen molar-refractivity contribution in [1.82, 2.24) is 0 Å². The summed E-state index contributed by atoms with van der Waals surface area (Å²) in [6.45, 7) is 0. The van der Waals surface area contributed by atoms with Crippen molar-refractivity contribution in [3.8, 4) is 0 Å². The van der Waals surface area contributed by atoms with Crippen LogP contribution in [0.15, 0.2) is 64.4 Å². The van der Waals surface area contributed by atoms with E-state index in [1.165, 1.54) is 16.7 Å². The molecule has 0 amide bonds. The zero-order chi connectivity index (χ0) is 8.67. The van der Waals surface area contributed by atoms with Crippen LogP contribution in [0.1, 0.15) is 0 Å². The Morgan fingerprint density at radius 1 is 0.923 bits per heavy atom. The van der Waals surface area contributed by atoms with E-state index in [9.17, 15) is 0 Å². The Morgan fingerprint density at radius 2 is 1.69 bits per heavy atom. The lowest BCUT2D eigenvalue weighted by Crippen LogP contribution is -2.16. The molecule has 0 aromatic heterocycles. The van der Waals surface area contributed by atoms with Crippen molar-refractivity contribution in [2.24, 2.45) is 10.9 Å². The van der Waals surface area contributed by atoms with Crippen LogP contribution >= 0.6 is 0 Å². The van der Waals surface area contributed by atoms with Crippen molar-refractivity contribution in [3.05, 3.63) is 59.4 Å². The molecule has 1 nitrogen and oxygen atoms in total. The highest BCUT2D eigenvalue weighted by molar-refractivity contribution is 5.85. The number of nitrogens with zero attached hydrogens (tertiary/aromatic N) is 1. The van der Waals surface area contributed by atoms with E-state index in [4.69, 9.17) is 0 Å². The molecule has 13 heavy (non-hydrogen) atoms. The smallest absolute Gasteiger partial charge is 0.0370 e. The third-order valence-corrected chi connectivity index (χ3v) is 2.60. The van der Waals surface area contributed by atoms with Gasteiger partial charge in [0.05, 0.1) is 0 Å². The van der Waals surface area contributed by atoms with Crippen LogP contribution in [0, 0.1) is 5.92 Å². The summed E-state index contributed by atoms with van der Waals surface area (Å²) in [5.74, 6) is 0.451. The lowest BCUT2D eigenvalue weighted by atomic mass is 9.78. The fraction of sp³-hybridized carbons (Fsp3) is 0.0833. The van der Waals surface area contributed by atoms with Crippen LogP contribution in [0.4, 0.5) is 0 Å². The largest absolute Gasteiger partial charge is 0.264 e. The second kappa shape index (κ2) is 2.43. The number of allylic oxidation sites excluding steroid dienone is 9. The molecule has 3 aliphatic rings. The van der Waals surface area contributed by atoms with E-state index in [0.717, 1.165) is 0 Å². The van der Waals surface area contributed by atoms with Gasteiger partial charge >= 0.3 is 0 Å². The highest BCUT2D eigenvalue weighted by Crippen LogP contribution is 2.36. The predicted octanol–water partition coefficient (Wildman–Crippen LogP) is 2.56. The van der Waals surface area contributed by atoms with Gasteiger partial charge in [-0.3, -0.25) is 4.99 Å². The number of rotatable bonds is 0. The Kier molecular flexibility index (Phi) is 1.28. The molecule has 0 radical (unpaired) electrons. The first-order valence-electron chi connectivity index (χ1n) is 4.45. The third kappa shape index (κ3) is 0.903. The molecule has 3 rings (SSSR count). The second-order valence-corrected chi connectivity index (χ2v) is 3.39. The lowest BCUT2D eigenvalue weighted by molar-refractivity contribution is 0.889. The molecule has 0 fully saturated rings. The molecular formula is C12H9N. The van der Waals surface area contributed by atoms with Crippen LogP contribution in [-0.4, -0.2) is 6.21 Å². The SMILES string of the molecule is C1=CC2=CC=CC3=CN=CC(=C1)C23. The highest BCUT2D eigenvalue weighted by Gasteiger charge is 2.24. The molecule has 0 N–H and O–H groups in total. The normalized spacial score (nSPS) is 27.7. The van der Waals surface area contributed by atoms with E-state index < -0.39 is 0 Å². The fourth-order valence-corrected chi connectivity index (χ4v) is 2.00. The number of hydrogen-bond acceptors (Lipinski definition) is 1. The molecule has 0 bridgehead atoms. The zero-order valence-electron chi connectivity index (χ0n) is 7.14. The van der Waals surface area contributed by atoms with Gasteiger partial charge in [0.2, 0.25) is 0 Å². The lowest BCUT2D eigenvalue weighted by Gasteiger charge is -2.27. The Labute approximate surface area is 77.2 Å². The minimum absolute atomic E-state index is 0.451. The van der Waals surface area contributed by atoms with Crippen molar-refractivity contribution >= 4 is 6.21 Å². The van der Waals surface area contributed by atoms with E-state index in [0.29, 0.717) is 5.92 Å². The first kappa shape index (κ1) is 6.84. The van der Waals surface area contributed by atoms with Gasteiger partial charge in [-0.05, 0) is 16.7 Å².